The van der Waals surface area contributed by atoms with Crippen molar-refractivity contribution in [3.05, 3.63) is 52.4 Å². The third-order valence-electron chi connectivity index (χ3n) is 5.93. The Morgan fingerprint density at radius 1 is 1.19 bits per heavy atom. The third kappa shape index (κ3) is 3.92. The Morgan fingerprint density at radius 2 is 1.94 bits per heavy atom. The maximum absolute atomic E-state index is 15.1. The van der Waals surface area contributed by atoms with Crippen LogP contribution in [0, 0.1) is 5.82 Å². The number of carbonyl (C=O) groups is 2. The Bertz CT molecular complexity index is 1210. The lowest BCUT2D eigenvalue weighted by atomic mass is 9.92. The van der Waals surface area contributed by atoms with Gasteiger partial charge in [-0.25, -0.2) is 9.18 Å². The number of ether oxygens (including phenoxy) is 1. The predicted octanol–water partition coefficient (Wildman–Crippen LogP) is 5.18. The van der Waals surface area contributed by atoms with Gasteiger partial charge in [-0.1, -0.05) is 18.2 Å². The van der Waals surface area contributed by atoms with Crippen LogP contribution in [0.1, 0.15) is 61.0 Å². The molecular weight excluding hydrogens is 429 g/mol. The van der Waals surface area contributed by atoms with Gasteiger partial charge in [-0.2, -0.15) is 9.78 Å². The van der Waals surface area contributed by atoms with Gasteiger partial charge in [0.05, 0.1) is 5.69 Å². The van der Waals surface area contributed by atoms with Crippen molar-refractivity contribution in [1.82, 2.24) is 14.7 Å². The summed E-state index contributed by atoms with van der Waals surface area (Å²) in [6.45, 7) is 5.45. The summed E-state index contributed by atoms with van der Waals surface area (Å²) in [5, 5.41) is 4.92. The maximum Gasteiger partial charge on any atom is 0.435 e. The maximum atomic E-state index is 15.1. The summed E-state index contributed by atoms with van der Waals surface area (Å²) in [6, 6.07) is 7.32. The molecule has 0 spiro atoms. The van der Waals surface area contributed by atoms with Crippen molar-refractivity contribution in [3.63, 3.8) is 0 Å². The molecule has 32 heavy (non-hydrogen) atoms. The summed E-state index contributed by atoms with van der Waals surface area (Å²) >= 11 is 1.22. The molecule has 1 atom stereocenters. The van der Waals surface area contributed by atoms with Crippen LogP contribution in [0.15, 0.2) is 30.5 Å². The van der Waals surface area contributed by atoms with Crippen molar-refractivity contribution < 1.29 is 18.7 Å². The highest BCUT2D eigenvalue weighted by molar-refractivity contribution is 7.20. The highest BCUT2D eigenvalue weighted by Gasteiger charge is 2.41. The van der Waals surface area contributed by atoms with Crippen molar-refractivity contribution >= 4 is 33.4 Å². The molecule has 2 aliphatic carbocycles. The van der Waals surface area contributed by atoms with E-state index in [0.29, 0.717) is 18.2 Å². The molecule has 6 nitrogen and oxygen atoms in total. The zero-order valence-corrected chi connectivity index (χ0v) is 19.2. The number of aryl methyl sites for hydroxylation is 1. The van der Waals surface area contributed by atoms with Gasteiger partial charge < -0.3 is 9.64 Å². The van der Waals surface area contributed by atoms with E-state index in [1.165, 1.54) is 16.0 Å². The van der Waals surface area contributed by atoms with E-state index >= 15 is 4.39 Å². The summed E-state index contributed by atoms with van der Waals surface area (Å²) in [6.07, 6.45) is 5.11. The second-order valence-electron chi connectivity index (χ2n) is 9.61. The second kappa shape index (κ2) is 7.69. The van der Waals surface area contributed by atoms with E-state index in [4.69, 9.17) is 4.74 Å². The van der Waals surface area contributed by atoms with E-state index in [2.05, 4.69) is 5.10 Å². The van der Waals surface area contributed by atoms with E-state index < -0.39 is 17.5 Å². The van der Waals surface area contributed by atoms with Gasteiger partial charge in [0.15, 0.2) is 5.82 Å². The number of hydrogen-bond donors (Lipinski definition) is 0. The van der Waals surface area contributed by atoms with Gasteiger partial charge in [-0.05, 0) is 64.5 Å². The van der Waals surface area contributed by atoms with Crippen molar-refractivity contribution in [2.45, 2.75) is 70.6 Å². The first-order chi connectivity index (χ1) is 15.2. The average Bonchev–Trinajstić information content (AvgIpc) is 3.37. The fourth-order valence-electron chi connectivity index (χ4n) is 4.38. The van der Waals surface area contributed by atoms with E-state index in [1.807, 2.05) is 37.8 Å². The Morgan fingerprint density at radius 3 is 2.62 bits per heavy atom. The summed E-state index contributed by atoms with van der Waals surface area (Å²) in [7, 11) is 0. The Labute approximate surface area is 190 Å². The number of hydrogen-bond acceptors (Lipinski definition) is 5. The molecule has 1 unspecified atom stereocenters. The number of carbonyl (C=O) groups excluding carboxylic acids is 2. The minimum Gasteiger partial charge on any atom is -0.442 e. The Hall–Kier alpha value is -2.74. The van der Waals surface area contributed by atoms with Crippen LogP contribution in [-0.4, -0.2) is 44.4 Å². The molecule has 2 aliphatic rings. The molecule has 0 bridgehead atoms. The molecular formula is C24H26FN3O3S. The minimum atomic E-state index is -0.602. The quantitative estimate of drug-likeness (QED) is 0.546. The molecule has 5 rings (SSSR count). The monoisotopic (exact) mass is 455 g/mol. The first-order valence-electron chi connectivity index (χ1n) is 11.0. The molecule has 1 aromatic carbocycles. The Kier molecular flexibility index (Phi) is 5.08. The Balaban J connectivity index is 1.40. The van der Waals surface area contributed by atoms with Crippen LogP contribution in [0.25, 0.3) is 10.1 Å². The van der Waals surface area contributed by atoms with E-state index in [9.17, 15) is 9.59 Å². The zero-order valence-electron chi connectivity index (χ0n) is 18.4. The van der Waals surface area contributed by atoms with Gasteiger partial charge in [0, 0.05) is 28.4 Å². The first-order valence-corrected chi connectivity index (χ1v) is 11.8. The van der Waals surface area contributed by atoms with Gasteiger partial charge in [-0.3, -0.25) is 4.79 Å². The summed E-state index contributed by atoms with van der Waals surface area (Å²) in [5.74, 6) is -0.644. The molecule has 2 aromatic heterocycles. The van der Waals surface area contributed by atoms with Gasteiger partial charge >= 0.3 is 6.09 Å². The van der Waals surface area contributed by atoms with E-state index in [1.54, 1.807) is 18.3 Å². The number of thiophene rings is 1. The zero-order chi connectivity index (χ0) is 22.6. The molecule has 0 N–H and O–H groups in total. The number of benzene rings is 1. The summed E-state index contributed by atoms with van der Waals surface area (Å²) in [4.78, 5) is 28.0. The number of amides is 1. The molecule has 0 radical (unpaired) electrons. The van der Waals surface area contributed by atoms with E-state index in [-0.39, 0.29) is 22.9 Å². The lowest BCUT2D eigenvalue weighted by Crippen LogP contribution is -2.44. The van der Waals surface area contributed by atoms with Crippen LogP contribution in [0.4, 0.5) is 9.18 Å². The number of rotatable bonds is 3. The van der Waals surface area contributed by atoms with Crippen LogP contribution in [-0.2, 0) is 17.6 Å². The van der Waals surface area contributed by atoms with Gasteiger partial charge in [0.25, 0.3) is 5.91 Å². The highest BCUT2D eigenvalue weighted by atomic mass is 32.1. The van der Waals surface area contributed by atoms with Crippen LogP contribution in [0.2, 0.25) is 0 Å². The molecule has 0 saturated heterocycles. The fourth-order valence-corrected chi connectivity index (χ4v) is 5.40. The SMILES string of the molecule is CC(C)(C)OC(=O)n1cc2c(n1)CCC(N(C(=O)c1sc3ccccc3c1F)C1CC1)C2. The smallest absolute Gasteiger partial charge is 0.435 e. The van der Waals surface area contributed by atoms with Gasteiger partial charge in [0.1, 0.15) is 10.5 Å². The molecule has 0 aliphatic heterocycles. The predicted molar refractivity (Wildman–Crippen MR) is 121 cm³/mol. The molecule has 1 fully saturated rings. The molecule has 2 heterocycles. The largest absolute Gasteiger partial charge is 0.442 e. The molecule has 1 amide bonds. The van der Waals surface area contributed by atoms with Crippen LogP contribution >= 0.6 is 11.3 Å². The second-order valence-corrected chi connectivity index (χ2v) is 10.7. The third-order valence-corrected chi connectivity index (χ3v) is 7.06. The van der Waals surface area contributed by atoms with Crippen molar-refractivity contribution in [1.29, 1.82) is 0 Å². The summed E-state index contributed by atoms with van der Waals surface area (Å²) in [5.41, 5.74) is 1.21. The van der Waals surface area contributed by atoms with Crippen molar-refractivity contribution in [2.24, 2.45) is 0 Å². The number of aromatic nitrogens is 2. The minimum absolute atomic E-state index is 0.0385. The van der Waals surface area contributed by atoms with Crippen LogP contribution < -0.4 is 0 Å². The molecule has 1 saturated carbocycles. The van der Waals surface area contributed by atoms with E-state index in [0.717, 1.165) is 35.2 Å². The summed E-state index contributed by atoms with van der Waals surface area (Å²) < 4.78 is 22.5. The highest BCUT2D eigenvalue weighted by Crippen LogP contribution is 2.38. The number of halogens is 1. The molecule has 8 heteroatoms. The van der Waals surface area contributed by atoms with Crippen molar-refractivity contribution in [2.75, 3.05) is 0 Å². The number of fused-ring (bicyclic) bond motifs is 2. The fraction of sp³-hybridized carbons (Fsp3) is 0.458. The van der Waals surface area contributed by atoms with Gasteiger partial charge in [0.2, 0.25) is 0 Å². The van der Waals surface area contributed by atoms with Crippen LogP contribution in [0.3, 0.4) is 0 Å². The first kappa shape index (κ1) is 21.1. The average molecular weight is 456 g/mol. The lowest BCUT2D eigenvalue weighted by Gasteiger charge is -2.34. The van der Waals surface area contributed by atoms with Crippen molar-refractivity contribution in [3.8, 4) is 0 Å². The van der Waals surface area contributed by atoms with Gasteiger partial charge in [-0.15, -0.1) is 11.3 Å². The normalized spacial score (nSPS) is 18.4. The molecule has 168 valence electrons. The topological polar surface area (TPSA) is 64.4 Å². The van der Waals surface area contributed by atoms with Crippen LogP contribution in [0.5, 0.6) is 0 Å². The molecule has 3 aromatic rings. The lowest BCUT2D eigenvalue weighted by molar-refractivity contribution is 0.0513. The standard InChI is InChI=1S/C24H26FN3O3S/c1-24(2,3)31-23(30)27-13-14-12-16(10-11-18(14)26-27)28(15-8-9-15)22(29)21-20(25)17-6-4-5-7-19(17)32-21/h4-7,13,15-16H,8-12H2,1-3H3. The number of nitrogens with zero attached hydrogens (tertiary/aromatic N) is 3.